The predicted molar refractivity (Wildman–Crippen MR) is 38.3 cm³/mol. The van der Waals surface area contributed by atoms with Crippen LogP contribution in [0, 0.1) is 0 Å². The van der Waals surface area contributed by atoms with E-state index in [1.165, 1.54) is 6.26 Å². The Labute approximate surface area is 68.4 Å². The third kappa shape index (κ3) is 8.82. The average molecular weight is 194 g/mol. The topological polar surface area (TPSA) is 105 Å². The molecule has 0 amide bonds. The third-order valence-corrected chi connectivity index (χ3v) is 0.659. The molecule has 1 rings (SSSR count). The summed E-state index contributed by atoms with van der Waals surface area (Å²) >= 11 is 0. The van der Waals surface area contributed by atoms with Crippen LogP contribution in [0.25, 0.3) is 0 Å². The molecular weight excluding hydrogens is 188 g/mol. The zero-order valence-corrected chi connectivity index (χ0v) is 6.56. The van der Waals surface area contributed by atoms with Crippen molar-refractivity contribution in [3.63, 3.8) is 0 Å². The summed E-state index contributed by atoms with van der Waals surface area (Å²) in [6.07, 6.45) is 2.13. The van der Waals surface area contributed by atoms with Gasteiger partial charge in [0, 0.05) is 0 Å². The van der Waals surface area contributed by atoms with Crippen LogP contribution in [0.3, 0.4) is 0 Å². The summed E-state index contributed by atoms with van der Waals surface area (Å²) in [6, 6.07) is 3.27. The van der Waals surface area contributed by atoms with Gasteiger partial charge in [0.2, 0.25) is 0 Å². The first-order chi connectivity index (χ1) is 5.43. The Morgan fingerprint density at radius 1 is 1.42 bits per heavy atom. The second kappa shape index (κ2) is 4.65. The molecule has 12 heavy (non-hydrogen) atoms. The Morgan fingerprint density at radius 3 is 2.08 bits per heavy atom. The molecule has 0 spiro atoms. The molecule has 0 aromatic carbocycles. The zero-order valence-electron chi connectivity index (χ0n) is 5.75. The maximum atomic E-state index is 9.77. The minimum atomic E-state index is -4.67. The lowest BCUT2D eigenvalue weighted by Gasteiger charge is -1.68. The number of aldehydes is 1. The molecule has 0 radical (unpaired) electrons. The molecule has 0 fully saturated rings. The first kappa shape index (κ1) is 10.8. The molecule has 1 aromatic rings. The molecule has 0 aliphatic rings. The fourth-order valence-corrected chi connectivity index (χ4v) is 0.358. The Hall–Kier alpha value is -1.18. The monoisotopic (exact) mass is 194 g/mol. The third-order valence-electron chi connectivity index (χ3n) is 0.659. The molecule has 6 nitrogen and oxygen atoms in total. The van der Waals surface area contributed by atoms with Crippen LogP contribution >= 0.6 is 0 Å². The lowest BCUT2D eigenvalue weighted by Crippen LogP contribution is -1.89. The minimum absolute atomic E-state index is 0.375. The smallest absolute Gasteiger partial charge is 0.394 e. The molecule has 2 N–H and O–H groups in total. The van der Waals surface area contributed by atoms with Gasteiger partial charge in [-0.2, -0.15) is 8.42 Å². The van der Waals surface area contributed by atoms with E-state index in [0.717, 1.165) is 0 Å². The van der Waals surface area contributed by atoms with Crippen molar-refractivity contribution < 1.29 is 26.7 Å². The van der Waals surface area contributed by atoms with Gasteiger partial charge in [-0.15, -0.1) is 0 Å². The van der Waals surface area contributed by atoms with Gasteiger partial charge in [-0.25, -0.2) is 0 Å². The second-order valence-electron chi connectivity index (χ2n) is 1.58. The second-order valence-corrected chi connectivity index (χ2v) is 2.48. The number of hydrogen-bond donors (Lipinski definition) is 2. The van der Waals surface area contributed by atoms with Crippen molar-refractivity contribution in [1.29, 1.82) is 0 Å². The molecule has 1 heterocycles. The highest BCUT2D eigenvalue weighted by Gasteiger charge is 1.85. The van der Waals surface area contributed by atoms with E-state index >= 15 is 0 Å². The van der Waals surface area contributed by atoms with Crippen LogP contribution in [-0.4, -0.2) is 23.8 Å². The Kier molecular flexibility index (Phi) is 4.19. The van der Waals surface area contributed by atoms with Crippen LogP contribution in [0.1, 0.15) is 10.6 Å². The van der Waals surface area contributed by atoms with Gasteiger partial charge < -0.3 is 4.42 Å². The molecule has 68 valence electrons. The van der Waals surface area contributed by atoms with Crippen molar-refractivity contribution in [1.82, 2.24) is 0 Å². The average Bonchev–Trinajstić information content (AvgIpc) is 2.33. The molecule has 0 unspecified atom stereocenters. The summed E-state index contributed by atoms with van der Waals surface area (Å²) in [5.74, 6) is 0.375. The van der Waals surface area contributed by atoms with E-state index in [1.54, 1.807) is 12.1 Å². The van der Waals surface area contributed by atoms with Gasteiger partial charge in [-0.3, -0.25) is 13.9 Å². The zero-order chi connectivity index (χ0) is 9.61. The summed E-state index contributed by atoms with van der Waals surface area (Å²) < 4.78 is 36.2. The quantitative estimate of drug-likeness (QED) is 0.496. The normalized spacial score (nSPS) is 9.83. The van der Waals surface area contributed by atoms with Gasteiger partial charge in [0.1, 0.15) is 0 Å². The van der Waals surface area contributed by atoms with Crippen molar-refractivity contribution in [2.75, 3.05) is 0 Å². The van der Waals surface area contributed by atoms with E-state index in [-0.39, 0.29) is 0 Å². The largest absolute Gasteiger partial charge is 0.462 e. The van der Waals surface area contributed by atoms with Crippen LogP contribution in [-0.2, 0) is 10.4 Å². The number of carbonyl (C=O) groups excluding carboxylic acids is 1. The van der Waals surface area contributed by atoms with Crippen LogP contribution < -0.4 is 0 Å². The lowest BCUT2D eigenvalue weighted by atomic mass is 10.5. The Bertz CT molecular complexity index is 302. The van der Waals surface area contributed by atoms with Crippen LogP contribution in [0.5, 0.6) is 0 Å². The van der Waals surface area contributed by atoms with Crippen molar-refractivity contribution in [3.05, 3.63) is 24.2 Å². The maximum Gasteiger partial charge on any atom is 0.394 e. The van der Waals surface area contributed by atoms with Crippen LogP contribution in [0.4, 0.5) is 0 Å². The highest BCUT2D eigenvalue weighted by Crippen LogP contribution is 1.92. The Balaban J connectivity index is 0.000000217. The number of rotatable bonds is 1. The molecule has 0 aliphatic heterocycles. The summed E-state index contributed by atoms with van der Waals surface area (Å²) in [5.41, 5.74) is 0. The van der Waals surface area contributed by atoms with Gasteiger partial charge in [-0.05, 0) is 12.1 Å². The van der Waals surface area contributed by atoms with Crippen molar-refractivity contribution in [2.24, 2.45) is 0 Å². The first-order valence-corrected chi connectivity index (χ1v) is 4.01. The highest BCUT2D eigenvalue weighted by atomic mass is 32.3. The van der Waals surface area contributed by atoms with E-state index in [2.05, 4.69) is 4.42 Å². The van der Waals surface area contributed by atoms with Crippen LogP contribution in [0.15, 0.2) is 22.8 Å². The SMILES string of the molecule is O=Cc1ccco1.O=S(=O)(O)O. The summed E-state index contributed by atoms with van der Waals surface area (Å²) in [5, 5.41) is 0. The molecule has 0 aliphatic carbocycles. The molecular formula is C5H6O6S. The summed E-state index contributed by atoms with van der Waals surface area (Å²) in [6.45, 7) is 0. The van der Waals surface area contributed by atoms with E-state index in [4.69, 9.17) is 17.5 Å². The molecule has 0 saturated carbocycles. The van der Waals surface area contributed by atoms with Gasteiger partial charge in [0.05, 0.1) is 6.26 Å². The van der Waals surface area contributed by atoms with E-state index < -0.39 is 10.4 Å². The molecule has 0 bridgehead atoms. The minimum Gasteiger partial charge on any atom is -0.462 e. The molecule has 0 atom stereocenters. The number of hydrogen-bond acceptors (Lipinski definition) is 4. The van der Waals surface area contributed by atoms with Crippen molar-refractivity contribution in [3.8, 4) is 0 Å². The maximum absolute atomic E-state index is 9.77. The lowest BCUT2D eigenvalue weighted by molar-refractivity contribution is 0.110. The molecule has 0 saturated heterocycles. The first-order valence-electron chi connectivity index (χ1n) is 2.62. The van der Waals surface area contributed by atoms with Crippen molar-refractivity contribution in [2.45, 2.75) is 0 Å². The fourth-order valence-electron chi connectivity index (χ4n) is 0.358. The standard InChI is InChI=1S/C5H4O2.H2O4S/c6-4-5-2-1-3-7-5;1-5(2,3)4/h1-4H;(H2,1,2,3,4). The Morgan fingerprint density at radius 2 is 1.92 bits per heavy atom. The highest BCUT2D eigenvalue weighted by molar-refractivity contribution is 7.79. The van der Waals surface area contributed by atoms with Gasteiger partial charge in [-0.1, -0.05) is 0 Å². The summed E-state index contributed by atoms with van der Waals surface area (Å²) in [4.78, 5) is 9.77. The predicted octanol–water partition coefficient (Wildman–Crippen LogP) is 0.439. The van der Waals surface area contributed by atoms with E-state index in [1.807, 2.05) is 0 Å². The summed E-state index contributed by atoms with van der Waals surface area (Å²) in [7, 11) is -4.67. The number of carbonyl (C=O) groups is 1. The molecule has 1 aromatic heterocycles. The van der Waals surface area contributed by atoms with E-state index in [9.17, 15) is 4.79 Å². The number of furan rings is 1. The van der Waals surface area contributed by atoms with Gasteiger partial charge in [0.25, 0.3) is 0 Å². The van der Waals surface area contributed by atoms with Gasteiger partial charge >= 0.3 is 10.4 Å². The van der Waals surface area contributed by atoms with Crippen molar-refractivity contribution >= 4 is 16.7 Å². The fraction of sp³-hybridized carbons (Fsp3) is 0. The van der Waals surface area contributed by atoms with Gasteiger partial charge in [0.15, 0.2) is 12.0 Å². The van der Waals surface area contributed by atoms with E-state index in [0.29, 0.717) is 12.0 Å². The molecule has 7 heteroatoms. The van der Waals surface area contributed by atoms with Crippen LogP contribution in [0.2, 0.25) is 0 Å².